The fourth-order valence-corrected chi connectivity index (χ4v) is 2.60. The molecule has 0 aliphatic heterocycles. The number of benzene rings is 1. The summed E-state index contributed by atoms with van der Waals surface area (Å²) < 4.78 is 34.9. The van der Waals surface area contributed by atoms with Gasteiger partial charge in [-0.1, -0.05) is 18.2 Å². The van der Waals surface area contributed by atoms with Crippen molar-refractivity contribution in [1.82, 2.24) is 4.90 Å². The van der Waals surface area contributed by atoms with E-state index in [1.165, 1.54) is 0 Å². The van der Waals surface area contributed by atoms with Crippen LogP contribution in [0.1, 0.15) is 24.4 Å². The number of rotatable bonds is 9. The minimum absolute atomic E-state index is 0.136. The van der Waals surface area contributed by atoms with E-state index in [4.69, 9.17) is 10.5 Å². The highest BCUT2D eigenvalue weighted by molar-refractivity contribution is 5.36. The third-order valence-corrected chi connectivity index (χ3v) is 3.69. The SMILES string of the molecule is COCCN(C1CC1)C(CN)c1ccccc1OC(F)F. The normalized spacial score (nSPS) is 16.5. The Morgan fingerprint density at radius 3 is 2.62 bits per heavy atom. The average molecular weight is 300 g/mol. The summed E-state index contributed by atoms with van der Waals surface area (Å²) in [6.45, 7) is -1.17. The van der Waals surface area contributed by atoms with Gasteiger partial charge in [-0.25, -0.2) is 0 Å². The molecule has 1 aliphatic rings. The van der Waals surface area contributed by atoms with Crippen molar-refractivity contribution in [3.63, 3.8) is 0 Å². The van der Waals surface area contributed by atoms with Crippen LogP contribution in [0.5, 0.6) is 5.75 Å². The number of ether oxygens (including phenoxy) is 2. The number of hydrogen-bond donors (Lipinski definition) is 1. The van der Waals surface area contributed by atoms with Crippen LogP contribution in [0.2, 0.25) is 0 Å². The van der Waals surface area contributed by atoms with Gasteiger partial charge in [0.25, 0.3) is 0 Å². The molecule has 0 heterocycles. The highest BCUT2D eigenvalue weighted by Gasteiger charge is 2.35. The minimum atomic E-state index is -2.84. The monoisotopic (exact) mass is 300 g/mol. The number of methoxy groups -OCH3 is 1. The van der Waals surface area contributed by atoms with E-state index in [2.05, 4.69) is 9.64 Å². The lowest BCUT2D eigenvalue weighted by Crippen LogP contribution is -2.38. The largest absolute Gasteiger partial charge is 0.434 e. The number of halogens is 2. The van der Waals surface area contributed by atoms with Gasteiger partial charge < -0.3 is 15.2 Å². The molecule has 2 N–H and O–H groups in total. The molecule has 6 heteroatoms. The van der Waals surface area contributed by atoms with Gasteiger partial charge in [0.1, 0.15) is 5.75 Å². The Kier molecular flexibility index (Phi) is 5.90. The Hall–Kier alpha value is -1.24. The molecule has 0 saturated heterocycles. The molecule has 1 aliphatic carbocycles. The Labute approximate surface area is 123 Å². The fraction of sp³-hybridized carbons (Fsp3) is 0.600. The highest BCUT2D eigenvalue weighted by atomic mass is 19.3. The number of nitrogens with zero attached hydrogens (tertiary/aromatic N) is 1. The minimum Gasteiger partial charge on any atom is -0.434 e. The van der Waals surface area contributed by atoms with E-state index in [0.717, 1.165) is 19.4 Å². The second-order valence-electron chi connectivity index (χ2n) is 5.13. The van der Waals surface area contributed by atoms with Crippen molar-refractivity contribution in [2.24, 2.45) is 5.73 Å². The molecule has 1 fully saturated rings. The van der Waals surface area contributed by atoms with Gasteiger partial charge >= 0.3 is 6.61 Å². The van der Waals surface area contributed by atoms with Gasteiger partial charge in [-0.3, -0.25) is 4.90 Å². The van der Waals surface area contributed by atoms with E-state index >= 15 is 0 Å². The van der Waals surface area contributed by atoms with E-state index < -0.39 is 6.61 Å². The topological polar surface area (TPSA) is 47.7 Å². The molecule has 1 aromatic carbocycles. The summed E-state index contributed by atoms with van der Waals surface area (Å²) in [6.07, 6.45) is 2.22. The van der Waals surface area contributed by atoms with E-state index in [-0.39, 0.29) is 11.8 Å². The van der Waals surface area contributed by atoms with Crippen LogP contribution in [0.25, 0.3) is 0 Å². The van der Waals surface area contributed by atoms with E-state index in [1.54, 1.807) is 25.3 Å². The van der Waals surface area contributed by atoms with E-state index in [0.29, 0.717) is 24.8 Å². The third kappa shape index (κ3) is 4.36. The summed E-state index contributed by atoms with van der Waals surface area (Å²) in [5.74, 6) is 0.200. The second kappa shape index (κ2) is 7.68. The van der Waals surface area contributed by atoms with Crippen molar-refractivity contribution in [3.05, 3.63) is 29.8 Å². The number of nitrogens with two attached hydrogens (primary N) is 1. The maximum atomic E-state index is 12.6. The van der Waals surface area contributed by atoms with Crippen LogP contribution >= 0.6 is 0 Å². The van der Waals surface area contributed by atoms with Gasteiger partial charge in [0.2, 0.25) is 0 Å². The fourth-order valence-electron chi connectivity index (χ4n) is 2.60. The Balaban J connectivity index is 2.22. The van der Waals surface area contributed by atoms with Crippen LogP contribution in [0.3, 0.4) is 0 Å². The van der Waals surface area contributed by atoms with Gasteiger partial charge in [0.15, 0.2) is 0 Å². The lowest BCUT2D eigenvalue weighted by molar-refractivity contribution is -0.0512. The van der Waals surface area contributed by atoms with Crippen molar-refractivity contribution in [2.45, 2.75) is 31.5 Å². The molecule has 0 aromatic heterocycles. The van der Waals surface area contributed by atoms with Gasteiger partial charge in [0, 0.05) is 31.8 Å². The maximum Gasteiger partial charge on any atom is 0.387 e. The molecule has 0 amide bonds. The standard InChI is InChI=1S/C15H22F2N2O2/c1-20-9-8-19(11-6-7-11)13(10-18)12-4-2-3-5-14(12)21-15(16)17/h2-5,11,13,15H,6-10,18H2,1H3. The van der Waals surface area contributed by atoms with Crippen LogP contribution in [0, 0.1) is 0 Å². The summed E-state index contributed by atoms with van der Waals surface area (Å²) in [5, 5.41) is 0. The summed E-state index contributed by atoms with van der Waals surface area (Å²) in [6, 6.07) is 7.18. The van der Waals surface area contributed by atoms with Gasteiger partial charge in [-0.15, -0.1) is 0 Å². The lowest BCUT2D eigenvalue weighted by Gasteiger charge is -2.32. The number of alkyl halides is 2. The highest BCUT2D eigenvalue weighted by Crippen LogP contribution is 2.37. The summed E-state index contributed by atoms with van der Waals surface area (Å²) in [4.78, 5) is 2.23. The number of hydrogen-bond acceptors (Lipinski definition) is 4. The Morgan fingerprint density at radius 2 is 2.05 bits per heavy atom. The molecule has 21 heavy (non-hydrogen) atoms. The molecule has 1 unspecified atom stereocenters. The first-order chi connectivity index (χ1) is 10.2. The van der Waals surface area contributed by atoms with Crippen molar-refractivity contribution >= 4 is 0 Å². The molecule has 1 aromatic rings. The van der Waals surface area contributed by atoms with Gasteiger partial charge in [-0.2, -0.15) is 8.78 Å². The van der Waals surface area contributed by atoms with E-state index in [1.807, 2.05) is 6.07 Å². The molecule has 2 rings (SSSR count). The molecule has 0 radical (unpaired) electrons. The van der Waals surface area contributed by atoms with Crippen molar-refractivity contribution in [2.75, 3.05) is 26.8 Å². The second-order valence-corrected chi connectivity index (χ2v) is 5.13. The molecular formula is C15H22F2N2O2. The van der Waals surface area contributed by atoms with Crippen LogP contribution in [-0.4, -0.2) is 44.4 Å². The summed E-state index contributed by atoms with van der Waals surface area (Å²) >= 11 is 0. The third-order valence-electron chi connectivity index (χ3n) is 3.69. The first-order valence-electron chi connectivity index (χ1n) is 7.15. The first-order valence-corrected chi connectivity index (χ1v) is 7.15. The van der Waals surface area contributed by atoms with Crippen LogP contribution in [-0.2, 0) is 4.74 Å². The van der Waals surface area contributed by atoms with Crippen molar-refractivity contribution in [1.29, 1.82) is 0 Å². The zero-order valence-corrected chi connectivity index (χ0v) is 12.2. The van der Waals surface area contributed by atoms with Crippen molar-refractivity contribution < 1.29 is 18.3 Å². The molecule has 0 bridgehead atoms. The summed E-state index contributed by atoms with van der Waals surface area (Å²) in [7, 11) is 1.65. The molecular weight excluding hydrogens is 278 g/mol. The molecule has 1 saturated carbocycles. The van der Waals surface area contributed by atoms with Crippen LogP contribution < -0.4 is 10.5 Å². The predicted molar refractivity (Wildman–Crippen MR) is 76.5 cm³/mol. The maximum absolute atomic E-state index is 12.6. The Bertz CT molecular complexity index is 441. The predicted octanol–water partition coefficient (Wildman–Crippen LogP) is 2.40. The molecule has 0 spiro atoms. The molecule has 4 nitrogen and oxygen atoms in total. The zero-order chi connectivity index (χ0) is 15.2. The first kappa shape index (κ1) is 16.1. The zero-order valence-electron chi connectivity index (χ0n) is 12.2. The quantitative estimate of drug-likeness (QED) is 0.761. The van der Waals surface area contributed by atoms with Gasteiger partial charge in [-0.05, 0) is 18.9 Å². The van der Waals surface area contributed by atoms with Gasteiger partial charge in [0.05, 0.1) is 12.6 Å². The average Bonchev–Trinajstić information content (AvgIpc) is 3.28. The summed E-state index contributed by atoms with van der Waals surface area (Å²) in [5.41, 5.74) is 6.63. The van der Waals surface area contributed by atoms with Crippen molar-refractivity contribution in [3.8, 4) is 5.75 Å². The lowest BCUT2D eigenvalue weighted by atomic mass is 10.0. The Morgan fingerprint density at radius 1 is 1.33 bits per heavy atom. The number of para-hydroxylation sites is 1. The van der Waals surface area contributed by atoms with Crippen LogP contribution in [0.15, 0.2) is 24.3 Å². The molecule has 1 atom stereocenters. The van der Waals surface area contributed by atoms with Crippen LogP contribution in [0.4, 0.5) is 8.78 Å². The smallest absolute Gasteiger partial charge is 0.387 e. The molecule has 118 valence electrons. The van der Waals surface area contributed by atoms with E-state index in [9.17, 15) is 8.78 Å².